The van der Waals surface area contributed by atoms with Crippen LogP contribution >= 0.6 is 11.3 Å². The Morgan fingerprint density at radius 2 is 1.49 bits per heavy atom. The summed E-state index contributed by atoms with van der Waals surface area (Å²) < 4.78 is 27.2. The minimum absolute atomic E-state index is 0.135. The van der Waals surface area contributed by atoms with Crippen LogP contribution < -0.4 is 33.9 Å². The Morgan fingerprint density at radius 3 is 2.19 bits per heavy atom. The Hall–Kier alpha value is -6.41. The largest absolute Gasteiger partial charge is 0.497 e. The number of hydrogen-bond donors (Lipinski definition) is 1. The van der Waals surface area contributed by atoms with Gasteiger partial charge in [0.25, 0.3) is 17.6 Å². The monoisotopic (exact) mass is 736 g/mol. The van der Waals surface area contributed by atoms with Crippen molar-refractivity contribution in [2.45, 2.75) is 12.6 Å². The highest BCUT2D eigenvalue weighted by molar-refractivity contribution is 7.09. The summed E-state index contributed by atoms with van der Waals surface area (Å²) in [6.07, 6.45) is 0. The second kappa shape index (κ2) is 15.9. The minimum Gasteiger partial charge on any atom is -0.497 e. The van der Waals surface area contributed by atoms with Gasteiger partial charge >= 0.3 is 0 Å². The van der Waals surface area contributed by atoms with E-state index in [-0.39, 0.29) is 12.1 Å². The first kappa shape index (κ1) is 36.4. The van der Waals surface area contributed by atoms with Crippen LogP contribution in [0.1, 0.15) is 27.0 Å². The molecule has 1 aliphatic heterocycles. The van der Waals surface area contributed by atoms with Crippen LogP contribution in [0.4, 0.5) is 11.4 Å². The molecule has 0 saturated carbocycles. The highest BCUT2D eigenvalue weighted by atomic mass is 32.1. The van der Waals surface area contributed by atoms with Crippen LogP contribution in [0.15, 0.2) is 90.3 Å². The Kier molecular flexibility index (Phi) is 10.9. The number of methoxy groups -OCH3 is 5. The Bertz CT molecular complexity index is 2170. The third-order valence-electron chi connectivity index (χ3n) is 8.69. The van der Waals surface area contributed by atoms with Crippen molar-refractivity contribution in [1.82, 2.24) is 9.88 Å². The molecule has 4 aromatic carbocycles. The Morgan fingerprint density at radius 1 is 0.792 bits per heavy atom. The number of benzene rings is 4. The van der Waals surface area contributed by atoms with Gasteiger partial charge in [0.2, 0.25) is 5.91 Å². The standard InChI is InChI=1S/C39H36N4O9S/c1-48-25-13-10-23(11-14-25)29-22-53-34(40-29)20-43(35(44)21-42-30-9-7-6-8-27(30)37(45)39(42)47)36(24-12-17-31(50-3)33(18-24)52-5)38(46)41-28-16-15-26(49-2)19-32(28)51-4/h6-19,22,36H,20-21H2,1-5H3,(H,41,46). The van der Waals surface area contributed by atoms with Crippen molar-refractivity contribution >= 4 is 46.2 Å². The first-order valence-electron chi connectivity index (χ1n) is 16.3. The van der Waals surface area contributed by atoms with Crippen molar-refractivity contribution < 1.29 is 42.9 Å². The van der Waals surface area contributed by atoms with Gasteiger partial charge in [-0.2, -0.15) is 0 Å². The molecule has 1 unspecified atom stereocenters. The molecule has 6 rings (SSSR count). The van der Waals surface area contributed by atoms with Crippen LogP contribution in [-0.4, -0.2) is 75.5 Å². The average molecular weight is 737 g/mol. The van der Waals surface area contributed by atoms with Crippen molar-refractivity contribution in [1.29, 1.82) is 0 Å². The molecular weight excluding hydrogens is 701 g/mol. The summed E-state index contributed by atoms with van der Waals surface area (Å²) in [5, 5.41) is 5.28. The molecule has 0 saturated heterocycles. The third-order valence-corrected chi connectivity index (χ3v) is 9.52. The van der Waals surface area contributed by atoms with E-state index in [1.807, 2.05) is 29.6 Å². The van der Waals surface area contributed by atoms with Gasteiger partial charge in [-0.15, -0.1) is 11.3 Å². The van der Waals surface area contributed by atoms with Gasteiger partial charge in [-0.05, 0) is 66.2 Å². The number of hydrogen-bond acceptors (Lipinski definition) is 11. The van der Waals surface area contributed by atoms with E-state index in [4.69, 9.17) is 28.7 Å². The molecule has 0 bridgehead atoms. The zero-order chi connectivity index (χ0) is 37.6. The zero-order valence-corrected chi connectivity index (χ0v) is 30.4. The molecule has 14 heteroatoms. The van der Waals surface area contributed by atoms with Gasteiger partial charge in [0, 0.05) is 17.0 Å². The van der Waals surface area contributed by atoms with Crippen molar-refractivity contribution in [3.05, 3.63) is 106 Å². The summed E-state index contributed by atoms with van der Waals surface area (Å²) in [4.78, 5) is 62.7. The van der Waals surface area contributed by atoms with Crippen LogP contribution in [0.5, 0.6) is 28.7 Å². The van der Waals surface area contributed by atoms with Crippen LogP contribution in [0.25, 0.3) is 11.3 Å². The Balaban J connectivity index is 1.44. The molecule has 5 aromatic rings. The molecule has 3 amide bonds. The molecule has 1 atom stereocenters. The fourth-order valence-corrected chi connectivity index (χ4v) is 6.78. The number of carbonyl (C=O) groups is 4. The van der Waals surface area contributed by atoms with Gasteiger partial charge in [0.1, 0.15) is 34.8 Å². The number of Topliss-reactive ketones (excluding diaryl/α,β-unsaturated/α-hetero) is 1. The lowest BCUT2D eigenvalue weighted by molar-refractivity contribution is -0.139. The zero-order valence-electron chi connectivity index (χ0n) is 29.6. The van der Waals surface area contributed by atoms with Gasteiger partial charge in [-0.1, -0.05) is 18.2 Å². The van der Waals surface area contributed by atoms with Gasteiger partial charge in [-0.25, -0.2) is 4.98 Å². The first-order valence-corrected chi connectivity index (χ1v) is 17.2. The summed E-state index contributed by atoms with van der Waals surface area (Å²) in [6, 6.07) is 22.3. The number of ketones is 1. The van der Waals surface area contributed by atoms with Crippen LogP contribution in [0, 0.1) is 0 Å². The second-order valence-corrected chi connectivity index (χ2v) is 12.6. The fourth-order valence-electron chi connectivity index (χ4n) is 5.98. The normalized spacial score (nSPS) is 12.5. The lowest BCUT2D eigenvalue weighted by Crippen LogP contribution is -2.46. The number of para-hydroxylation sites is 1. The van der Waals surface area contributed by atoms with Crippen LogP contribution in [0.2, 0.25) is 0 Å². The second-order valence-electron chi connectivity index (χ2n) is 11.7. The number of rotatable bonds is 14. The smallest absolute Gasteiger partial charge is 0.299 e. The molecule has 0 aliphatic carbocycles. The quantitative estimate of drug-likeness (QED) is 0.139. The van der Waals surface area contributed by atoms with E-state index >= 15 is 0 Å². The van der Waals surface area contributed by atoms with E-state index in [9.17, 15) is 19.2 Å². The average Bonchev–Trinajstić information content (AvgIpc) is 3.76. The minimum atomic E-state index is -1.31. The van der Waals surface area contributed by atoms with E-state index in [2.05, 4.69) is 5.32 Å². The number of aromatic nitrogens is 1. The molecule has 0 radical (unpaired) electrons. The maximum atomic E-state index is 14.7. The van der Waals surface area contributed by atoms with Gasteiger partial charge in [0.05, 0.1) is 64.7 Å². The number of thiazole rings is 1. The molecule has 1 N–H and O–H groups in total. The number of fused-ring (bicyclic) bond motifs is 1. The lowest BCUT2D eigenvalue weighted by Gasteiger charge is -2.32. The number of anilines is 2. The van der Waals surface area contributed by atoms with E-state index < -0.39 is 36.1 Å². The maximum absolute atomic E-state index is 14.7. The summed E-state index contributed by atoms with van der Waals surface area (Å²) in [6.45, 7) is -0.662. The molecule has 2 heterocycles. The topological polar surface area (TPSA) is 146 Å². The summed E-state index contributed by atoms with van der Waals surface area (Å²) >= 11 is 1.30. The number of ether oxygens (including phenoxy) is 5. The fraction of sp³-hybridized carbons (Fsp3) is 0.205. The van der Waals surface area contributed by atoms with E-state index in [1.54, 1.807) is 61.7 Å². The lowest BCUT2D eigenvalue weighted by atomic mass is 10.0. The van der Waals surface area contributed by atoms with Crippen LogP contribution in [-0.2, 0) is 20.9 Å². The van der Waals surface area contributed by atoms with Gasteiger partial charge in [0.15, 0.2) is 11.5 Å². The molecule has 53 heavy (non-hydrogen) atoms. The van der Waals surface area contributed by atoms with Crippen LogP contribution in [0.3, 0.4) is 0 Å². The van der Waals surface area contributed by atoms with E-state index in [1.165, 1.54) is 50.7 Å². The predicted molar refractivity (Wildman–Crippen MR) is 198 cm³/mol. The van der Waals surface area contributed by atoms with Crippen molar-refractivity contribution in [3.63, 3.8) is 0 Å². The first-order chi connectivity index (χ1) is 25.7. The highest BCUT2D eigenvalue weighted by Gasteiger charge is 2.40. The number of nitrogens with zero attached hydrogens (tertiary/aromatic N) is 3. The predicted octanol–water partition coefficient (Wildman–Crippen LogP) is 5.79. The maximum Gasteiger partial charge on any atom is 0.299 e. The Labute approximate surface area is 309 Å². The summed E-state index contributed by atoms with van der Waals surface area (Å²) in [5.74, 6) is -0.538. The molecule has 0 spiro atoms. The SMILES string of the molecule is COc1ccc(-c2csc(CN(C(=O)CN3C(=O)C(=O)c4ccccc43)C(C(=O)Nc3ccc(OC)cc3OC)c3ccc(OC)c(OC)c3)n2)cc1. The van der Waals surface area contributed by atoms with Crippen molar-refractivity contribution in [3.8, 4) is 40.0 Å². The molecule has 272 valence electrons. The van der Waals surface area contributed by atoms with Gasteiger partial charge < -0.3 is 33.9 Å². The molecular formula is C39H36N4O9S. The molecule has 13 nitrogen and oxygen atoms in total. The summed E-state index contributed by atoms with van der Waals surface area (Å²) in [5.41, 5.74) is 2.68. The molecule has 1 aromatic heterocycles. The van der Waals surface area contributed by atoms with E-state index in [0.29, 0.717) is 56.4 Å². The molecule has 1 aliphatic rings. The number of carbonyl (C=O) groups excluding carboxylic acids is 4. The van der Waals surface area contributed by atoms with Crippen molar-refractivity contribution in [2.75, 3.05) is 52.3 Å². The van der Waals surface area contributed by atoms with Gasteiger partial charge in [-0.3, -0.25) is 24.1 Å². The number of nitrogens with one attached hydrogen (secondary N) is 1. The summed E-state index contributed by atoms with van der Waals surface area (Å²) in [7, 11) is 7.51. The highest BCUT2D eigenvalue weighted by Crippen LogP contribution is 2.37. The number of amides is 3. The van der Waals surface area contributed by atoms with E-state index in [0.717, 1.165) is 10.5 Å². The molecule has 0 fully saturated rings. The third kappa shape index (κ3) is 7.48. The van der Waals surface area contributed by atoms with Crippen molar-refractivity contribution in [2.24, 2.45) is 0 Å².